The van der Waals surface area contributed by atoms with Crippen molar-refractivity contribution in [2.45, 2.75) is 49.1 Å². The second-order valence-corrected chi connectivity index (χ2v) is 5.35. The fraction of sp³-hybridized carbons (Fsp3) is 0.636. The summed E-state index contributed by atoms with van der Waals surface area (Å²) in [6, 6.07) is 0.314. The van der Waals surface area contributed by atoms with Gasteiger partial charge in [0.25, 0.3) is 0 Å². The number of thioether (sulfide) groups is 1. The molecule has 82 valence electrons. The Bertz CT molecular complexity index is 312. The Morgan fingerprint density at radius 2 is 1.93 bits per heavy atom. The molecule has 2 rings (SSSR count). The van der Waals surface area contributed by atoms with Crippen molar-refractivity contribution >= 4 is 11.8 Å². The molecule has 0 amide bonds. The number of hydrogen-bond donors (Lipinski definition) is 1. The van der Waals surface area contributed by atoms with Gasteiger partial charge in [-0.15, -0.1) is 0 Å². The zero-order valence-corrected chi connectivity index (χ0v) is 9.83. The third-order valence-electron chi connectivity index (χ3n) is 2.77. The second-order valence-electron chi connectivity index (χ2n) is 4.15. The molecule has 15 heavy (non-hydrogen) atoms. The average Bonchev–Trinajstić information content (AvgIpc) is 2.25. The van der Waals surface area contributed by atoms with Gasteiger partial charge in [-0.3, -0.25) is 0 Å². The minimum Gasteiger partial charge on any atom is -0.327 e. The van der Waals surface area contributed by atoms with Gasteiger partial charge in [-0.2, -0.15) is 0 Å². The van der Waals surface area contributed by atoms with Gasteiger partial charge >= 0.3 is 0 Å². The van der Waals surface area contributed by atoms with E-state index in [1.807, 2.05) is 19.3 Å². The lowest BCUT2D eigenvalue weighted by Gasteiger charge is -2.27. The smallest absolute Gasteiger partial charge is 0.187 e. The van der Waals surface area contributed by atoms with Crippen molar-refractivity contribution in [2.75, 3.05) is 0 Å². The lowest BCUT2D eigenvalue weighted by molar-refractivity contribution is 0.453. The summed E-state index contributed by atoms with van der Waals surface area (Å²) in [6.45, 7) is 2.00. The van der Waals surface area contributed by atoms with Gasteiger partial charge in [0.15, 0.2) is 5.16 Å². The molecule has 4 heteroatoms. The summed E-state index contributed by atoms with van der Waals surface area (Å²) in [5, 5.41) is 1.37. The Hall–Kier alpha value is -0.610. The Morgan fingerprint density at radius 3 is 2.60 bits per heavy atom. The molecule has 1 aliphatic rings. The zero-order chi connectivity index (χ0) is 10.7. The molecule has 1 aromatic heterocycles. The molecule has 1 aliphatic carbocycles. The van der Waals surface area contributed by atoms with E-state index in [9.17, 15) is 0 Å². The van der Waals surface area contributed by atoms with E-state index in [0.29, 0.717) is 11.3 Å². The quantitative estimate of drug-likeness (QED) is 0.780. The van der Waals surface area contributed by atoms with Gasteiger partial charge in [0.1, 0.15) is 0 Å². The third-order valence-corrected chi connectivity index (χ3v) is 4.08. The highest BCUT2D eigenvalue weighted by Crippen LogP contribution is 2.30. The first kappa shape index (κ1) is 10.9. The first-order valence-electron chi connectivity index (χ1n) is 5.46. The van der Waals surface area contributed by atoms with E-state index < -0.39 is 0 Å². The van der Waals surface area contributed by atoms with E-state index in [4.69, 9.17) is 5.73 Å². The number of hydrogen-bond acceptors (Lipinski definition) is 4. The molecule has 3 nitrogen and oxygen atoms in total. The number of nitrogens with zero attached hydrogens (tertiary/aromatic N) is 2. The standard InChI is InChI=1S/C11H17N3S/c1-8-6-13-11(14-7-8)15-10-5-3-2-4-9(10)12/h6-7,9-10H,2-5,12H2,1H3. The Morgan fingerprint density at radius 1 is 1.27 bits per heavy atom. The highest BCUT2D eigenvalue weighted by molar-refractivity contribution is 7.99. The topological polar surface area (TPSA) is 51.8 Å². The molecule has 0 radical (unpaired) electrons. The minimum absolute atomic E-state index is 0.314. The van der Waals surface area contributed by atoms with Crippen LogP contribution in [0.15, 0.2) is 17.6 Å². The summed E-state index contributed by atoms with van der Waals surface area (Å²) in [6.07, 6.45) is 8.63. The Kier molecular flexibility index (Phi) is 3.59. The highest BCUT2D eigenvalue weighted by Gasteiger charge is 2.23. The van der Waals surface area contributed by atoms with Gasteiger partial charge in [-0.05, 0) is 25.3 Å². The summed E-state index contributed by atoms with van der Waals surface area (Å²) in [5.74, 6) is 0. The molecular weight excluding hydrogens is 206 g/mol. The predicted octanol–water partition coefficient (Wildman–Crippen LogP) is 2.15. The normalized spacial score (nSPS) is 26.5. The summed E-state index contributed by atoms with van der Waals surface area (Å²) in [4.78, 5) is 8.61. The van der Waals surface area contributed by atoms with Crippen LogP contribution in [-0.4, -0.2) is 21.3 Å². The molecule has 1 fully saturated rings. The monoisotopic (exact) mass is 223 g/mol. The number of nitrogens with two attached hydrogens (primary N) is 1. The van der Waals surface area contributed by atoms with E-state index >= 15 is 0 Å². The minimum atomic E-state index is 0.314. The lowest BCUT2D eigenvalue weighted by Crippen LogP contribution is -2.35. The maximum atomic E-state index is 6.08. The van der Waals surface area contributed by atoms with Crippen molar-refractivity contribution in [1.82, 2.24) is 9.97 Å². The predicted molar refractivity (Wildman–Crippen MR) is 62.9 cm³/mol. The molecule has 0 bridgehead atoms. The van der Waals surface area contributed by atoms with Crippen LogP contribution in [0.5, 0.6) is 0 Å². The van der Waals surface area contributed by atoms with Gasteiger partial charge in [-0.25, -0.2) is 9.97 Å². The third kappa shape index (κ3) is 2.92. The van der Waals surface area contributed by atoms with Gasteiger partial charge in [0, 0.05) is 23.7 Å². The second kappa shape index (κ2) is 4.94. The van der Waals surface area contributed by atoms with Crippen molar-refractivity contribution in [3.05, 3.63) is 18.0 Å². The van der Waals surface area contributed by atoms with Crippen LogP contribution in [0, 0.1) is 6.92 Å². The summed E-state index contributed by atoms with van der Waals surface area (Å²) >= 11 is 1.73. The lowest BCUT2D eigenvalue weighted by atomic mass is 9.96. The van der Waals surface area contributed by atoms with Crippen LogP contribution in [0.25, 0.3) is 0 Å². The average molecular weight is 223 g/mol. The molecule has 2 N–H and O–H groups in total. The summed E-state index contributed by atoms with van der Waals surface area (Å²) in [7, 11) is 0. The highest BCUT2D eigenvalue weighted by atomic mass is 32.2. The first-order valence-corrected chi connectivity index (χ1v) is 6.34. The van der Waals surface area contributed by atoms with Crippen molar-refractivity contribution in [1.29, 1.82) is 0 Å². The SMILES string of the molecule is Cc1cnc(SC2CCCCC2N)nc1. The Labute approximate surface area is 94.9 Å². The zero-order valence-electron chi connectivity index (χ0n) is 9.02. The van der Waals surface area contributed by atoms with Gasteiger partial charge in [0.2, 0.25) is 0 Å². The molecule has 1 aromatic rings. The molecule has 2 unspecified atom stereocenters. The summed E-state index contributed by atoms with van der Waals surface area (Å²) in [5.41, 5.74) is 7.18. The molecule has 2 atom stereocenters. The van der Waals surface area contributed by atoms with E-state index in [-0.39, 0.29) is 0 Å². The number of aryl methyl sites for hydroxylation is 1. The molecule has 1 heterocycles. The van der Waals surface area contributed by atoms with E-state index in [1.54, 1.807) is 11.8 Å². The van der Waals surface area contributed by atoms with Crippen LogP contribution in [0.2, 0.25) is 0 Å². The van der Waals surface area contributed by atoms with E-state index in [2.05, 4.69) is 9.97 Å². The maximum Gasteiger partial charge on any atom is 0.187 e. The number of aromatic nitrogens is 2. The van der Waals surface area contributed by atoms with Crippen LogP contribution in [-0.2, 0) is 0 Å². The number of rotatable bonds is 2. The van der Waals surface area contributed by atoms with Crippen molar-refractivity contribution < 1.29 is 0 Å². The molecule has 0 spiro atoms. The molecule has 1 saturated carbocycles. The fourth-order valence-corrected chi connectivity index (χ4v) is 2.94. The van der Waals surface area contributed by atoms with Crippen LogP contribution >= 0.6 is 11.8 Å². The van der Waals surface area contributed by atoms with Crippen LogP contribution in [0.4, 0.5) is 0 Å². The van der Waals surface area contributed by atoms with E-state index in [1.165, 1.54) is 19.3 Å². The summed E-state index contributed by atoms with van der Waals surface area (Å²) < 4.78 is 0. The largest absolute Gasteiger partial charge is 0.327 e. The van der Waals surface area contributed by atoms with Crippen LogP contribution in [0.3, 0.4) is 0 Å². The van der Waals surface area contributed by atoms with Gasteiger partial charge < -0.3 is 5.73 Å². The maximum absolute atomic E-state index is 6.08. The van der Waals surface area contributed by atoms with Gasteiger partial charge in [-0.1, -0.05) is 24.6 Å². The van der Waals surface area contributed by atoms with Crippen LogP contribution in [0.1, 0.15) is 31.2 Å². The van der Waals surface area contributed by atoms with E-state index in [0.717, 1.165) is 17.1 Å². The molecule has 0 aromatic carbocycles. The van der Waals surface area contributed by atoms with Crippen molar-refractivity contribution in [3.63, 3.8) is 0 Å². The van der Waals surface area contributed by atoms with Crippen molar-refractivity contribution in [2.24, 2.45) is 5.73 Å². The van der Waals surface area contributed by atoms with Gasteiger partial charge in [0.05, 0.1) is 0 Å². The Balaban J connectivity index is 1.98. The molecule has 0 saturated heterocycles. The molecule has 0 aliphatic heterocycles. The first-order chi connectivity index (χ1) is 7.25. The molecular formula is C11H17N3S. The van der Waals surface area contributed by atoms with Crippen LogP contribution < -0.4 is 5.73 Å². The fourth-order valence-electron chi connectivity index (χ4n) is 1.85. The van der Waals surface area contributed by atoms with Crippen molar-refractivity contribution in [3.8, 4) is 0 Å².